The summed E-state index contributed by atoms with van der Waals surface area (Å²) in [6.07, 6.45) is -4.52. The molecule has 1 rings (SSSR count). The largest absolute Gasteiger partial charge is 0.487 e. The summed E-state index contributed by atoms with van der Waals surface area (Å²) in [5.74, 6) is -0.309. The SMILES string of the molecule is NCc1ccc(OCC(Cl)=CCl)c(C(F)(F)F)c1. The maximum absolute atomic E-state index is 12.8. The van der Waals surface area contributed by atoms with Crippen molar-refractivity contribution in [3.05, 3.63) is 39.9 Å². The molecular weight excluding hydrogens is 290 g/mol. The van der Waals surface area contributed by atoms with Crippen LogP contribution >= 0.6 is 23.2 Å². The Labute approximate surface area is 112 Å². The lowest BCUT2D eigenvalue weighted by molar-refractivity contribution is -0.138. The number of hydrogen-bond donors (Lipinski definition) is 1. The van der Waals surface area contributed by atoms with E-state index in [0.29, 0.717) is 5.56 Å². The molecule has 0 unspecified atom stereocenters. The molecule has 0 aliphatic rings. The first-order valence-corrected chi connectivity index (χ1v) is 5.67. The first-order valence-electron chi connectivity index (χ1n) is 4.86. The molecule has 0 aromatic heterocycles. The van der Waals surface area contributed by atoms with Gasteiger partial charge in [0.15, 0.2) is 0 Å². The Bertz CT molecular complexity index is 446. The van der Waals surface area contributed by atoms with Crippen LogP contribution in [-0.2, 0) is 12.7 Å². The third-order valence-corrected chi connectivity index (χ3v) is 2.66. The predicted octanol–water partition coefficient (Wildman–Crippen LogP) is 3.86. The fraction of sp³-hybridized carbons (Fsp3) is 0.273. The summed E-state index contributed by atoms with van der Waals surface area (Å²) < 4.78 is 43.3. The quantitative estimate of drug-likeness (QED) is 0.916. The summed E-state index contributed by atoms with van der Waals surface area (Å²) in [6.45, 7) is -0.207. The molecule has 2 nitrogen and oxygen atoms in total. The van der Waals surface area contributed by atoms with Gasteiger partial charge in [-0.3, -0.25) is 0 Å². The monoisotopic (exact) mass is 299 g/mol. The average Bonchev–Trinajstić information content (AvgIpc) is 2.34. The number of halogens is 5. The third kappa shape index (κ3) is 4.08. The molecule has 0 radical (unpaired) electrons. The second kappa shape index (κ2) is 6.31. The van der Waals surface area contributed by atoms with Crippen molar-refractivity contribution in [1.29, 1.82) is 0 Å². The lowest BCUT2D eigenvalue weighted by atomic mass is 10.1. The summed E-state index contributed by atoms with van der Waals surface area (Å²) in [6, 6.07) is 3.62. The summed E-state index contributed by atoms with van der Waals surface area (Å²) in [7, 11) is 0. The van der Waals surface area contributed by atoms with Gasteiger partial charge in [0.1, 0.15) is 12.4 Å². The van der Waals surface area contributed by atoms with Crippen LogP contribution < -0.4 is 10.5 Å². The van der Waals surface area contributed by atoms with E-state index in [4.69, 9.17) is 33.7 Å². The van der Waals surface area contributed by atoms with Gasteiger partial charge in [0.25, 0.3) is 0 Å². The molecule has 1 aromatic carbocycles. The van der Waals surface area contributed by atoms with Gasteiger partial charge in [0.2, 0.25) is 0 Å². The Morgan fingerprint density at radius 3 is 2.56 bits per heavy atom. The molecule has 0 aliphatic heterocycles. The van der Waals surface area contributed by atoms with Gasteiger partial charge in [-0.15, -0.1) is 0 Å². The van der Waals surface area contributed by atoms with Gasteiger partial charge < -0.3 is 10.5 Å². The zero-order valence-electron chi connectivity index (χ0n) is 9.10. The molecule has 0 bridgehead atoms. The van der Waals surface area contributed by atoms with Crippen molar-refractivity contribution < 1.29 is 17.9 Å². The second-order valence-corrected chi connectivity index (χ2v) is 4.08. The van der Waals surface area contributed by atoms with Crippen molar-refractivity contribution in [2.24, 2.45) is 5.73 Å². The molecule has 0 saturated carbocycles. The Morgan fingerprint density at radius 2 is 2.06 bits per heavy atom. The van der Waals surface area contributed by atoms with E-state index < -0.39 is 11.7 Å². The number of alkyl halides is 3. The van der Waals surface area contributed by atoms with Crippen LogP contribution in [0.4, 0.5) is 13.2 Å². The van der Waals surface area contributed by atoms with Crippen LogP contribution in [0.3, 0.4) is 0 Å². The van der Waals surface area contributed by atoms with Crippen LogP contribution in [0.5, 0.6) is 5.75 Å². The van der Waals surface area contributed by atoms with Crippen LogP contribution in [0.2, 0.25) is 0 Å². The molecule has 0 aliphatic carbocycles. The van der Waals surface area contributed by atoms with E-state index in [0.717, 1.165) is 11.6 Å². The molecule has 100 valence electrons. The van der Waals surface area contributed by atoms with Gasteiger partial charge >= 0.3 is 6.18 Å². The molecular formula is C11H10Cl2F3NO. The highest BCUT2D eigenvalue weighted by Gasteiger charge is 2.34. The fourth-order valence-corrected chi connectivity index (χ4v) is 1.35. The van der Waals surface area contributed by atoms with Crippen LogP contribution in [0.15, 0.2) is 28.8 Å². The highest BCUT2D eigenvalue weighted by Crippen LogP contribution is 2.37. The van der Waals surface area contributed by atoms with E-state index in [1.54, 1.807) is 0 Å². The minimum absolute atomic E-state index is 0.0195. The number of ether oxygens (including phenoxy) is 1. The van der Waals surface area contributed by atoms with Crippen molar-refractivity contribution >= 4 is 23.2 Å². The van der Waals surface area contributed by atoms with E-state index in [1.807, 2.05) is 0 Å². The molecule has 7 heteroatoms. The summed E-state index contributed by atoms with van der Waals surface area (Å²) in [5, 5.41) is 0.104. The smallest absolute Gasteiger partial charge is 0.419 e. The normalized spacial score (nSPS) is 12.7. The van der Waals surface area contributed by atoms with Gasteiger partial charge in [-0.25, -0.2) is 0 Å². The number of rotatable bonds is 4. The van der Waals surface area contributed by atoms with E-state index in [-0.39, 0.29) is 23.9 Å². The maximum Gasteiger partial charge on any atom is 0.419 e. The van der Waals surface area contributed by atoms with Crippen LogP contribution in [-0.4, -0.2) is 6.61 Å². The number of hydrogen-bond acceptors (Lipinski definition) is 2. The topological polar surface area (TPSA) is 35.2 Å². The minimum Gasteiger partial charge on any atom is -0.487 e. The van der Waals surface area contributed by atoms with Crippen molar-refractivity contribution in [3.63, 3.8) is 0 Å². The summed E-state index contributed by atoms with van der Waals surface area (Å²) in [5.41, 5.74) is 5.82. The van der Waals surface area contributed by atoms with E-state index in [2.05, 4.69) is 0 Å². The number of nitrogens with two attached hydrogens (primary N) is 1. The fourth-order valence-electron chi connectivity index (χ4n) is 1.23. The van der Waals surface area contributed by atoms with Gasteiger partial charge in [-0.05, 0) is 17.7 Å². The molecule has 18 heavy (non-hydrogen) atoms. The van der Waals surface area contributed by atoms with Crippen LogP contribution in [0, 0.1) is 0 Å². The highest BCUT2D eigenvalue weighted by atomic mass is 35.5. The highest BCUT2D eigenvalue weighted by molar-refractivity contribution is 6.36. The zero-order valence-corrected chi connectivity index (χ0v) is 10.6. The molecule has 0 atom stereocenters. The first kappa shape index (κ1) is 15.1. The van der Waals surface area contributed by atoms with Crippen molar-refractivity contribution in [1.82, 2.24) is 0 Å². The zero-order chi connectivity index (χ0) is 13.8. The second-order valence-electron chi connectivity index (χ2n) is 3.38. The van der Waals surface area contributed by atoms with Gasteiger partial charge in [0.05, 0.1) is 10.6 Å². The van der Waals surface area contributed by atoms with Gasteiger partial charge in [-0.2, -0.15) is 13.2 Å². The summed E-state index contributed by atoms with van der Waals surface area (Å²) in [4.78, 5) is 0. The third-order valence-electron chi connectivity index (χ3n) is 2.07. The van der Waals surface area contributed by atoms with Crippen LogP contribution in [0.25, 0.3) is 0 Å². The minimum atomic E-state index is -4.52. The lowest BCUT2D eigenvalue weighted by Gasteiger charge is -2.14. The molecule has 1 aromatic rings. The molecule has 0 heterocycles. The Kier molecular flexibility index (Phi) is 5.31. The van der Waals surface area contributed by atoms with E-state index in [9.17, 15) is 13.2 Å². The van der Waals surface area contributed by atoms with Crippen molar-refractivity contribution in [2.45, 2.75) is 12.7 Å². The molecule has 0 amide bonds. The maximum atomic E-state index is 12.8. The average molecular weight is 300 g/mol. The van der Waals surface area contributed by atoms with Crippen molar-refractivity contribution in [2.75, 3.05) is 6.61 Å². The molecule has 2 N–H and O–H groups in total. The molecule has 0 spiro atoms. The Morgan fingerprint density at radius 1 is 1.39 bits per heavy atom. The Balaban J connectivity index is 3.03. The first-order chi connectivity index (χ1) is 8.38. The molecule has 0 saturated heterocycles. The van der Waals surface area contributed by atoms with Gasteiger partial charge in [-0.1, -0.05) is 29.3 Å². The van der Waals surface area contributed by atoms with Crippen LogP contribution in [0.1, 0.15) is 11.1 Å². The van der Waals surface area contributed by atoms with E-state index >= 15 is 0 Å². The van der Waals surface area contributed by atoms with E-state index in [1.165, 1.54) is 12.1 Å². The Hall–Kier alpha value is -0.910. The molecule has 0 fully saturated rings. The van der Waals surface area contributed by atoms with Gasteiger partial charge in [0, 0.05) is 12.1 Å². The number of benzene rings is 1. The predicted molar refractivity (Wildman–Crippen MR) is 64.6 cm³/mol. The van der Waals surface area contributed by atoms with Crippen molar-refractivity contribution in [3.8, 4) is 5.75 Å². The summed E-state index contributed by atoms with van der Waals surface area (Å²) >= 11 is 10.8. The standard InChI is InChI=1S/C11H10Cl2F3NO/c12-4-8(13)6-18-10-2-1-7(5-17)3-9(10)11(14,15)16/h1-4H,5-6,17H2. The lowest BCUT2D eigenvalue weighted by Crippen LogP contribution is -2.11.